The summed E-state index contributed by atoms with van der Waals surface area (Å²) in [4.78, 5) is 14.8. The average Bonchev–Trinajstić information content (AvgIpc) is 2.83. The number of carbonyl (C=O) groups is 1. The van der Waals surface area contributed by atoms with Crippen LogP contribution in [0.4, 0.5) is 5.69 Å². The summed E-state index contributed by atoms with van der Waals surface area (Å²) in [5.41, 5.74) is 2.67. The molecule has 2 aromatic rings. The van der Waals surface area contributed by atoms with E-state index in [0.29, 0.717) is 11.5 Å². The third-order valence-corrected chi connectivity index (χ3v) is 2.69. The predicted molar refractivity (Wildman–Crippen MR) is 69.3 cm³/mol. The average molecular weight is 228 g/mol. The Morgan fingerprint density at radius 1 is 1.24 bits per heavy atom. The molecule has 0 bridgehead atoms. The summed E-state index contributed by atoms with van der Waals surface area (Å²) < 4.78 is 0. The predicted octanol–water partition coefficient (Wildman–Crippen LogP) is 3.39. The fraction of sp³-hybridized carbons (Fsp3) is 0.214. The zero-order chi connectivity index (χ0) is 12.3. The van der Waals surface area contributed by atoms with Crippen LogP contribution in [-0.2, 0) is 0 Å². The highest BCUT2D eigenvalue weighted by Gasteiger charge is 2.10. The molecule has 17 heavy (non-hydrogen) atoms. The molecule has 0 unspecified atom stereocenters. The van der Waals surface area contributed by atoms with Crippen LogP contribution in [0.5, 0.6) is 0 Å². The van der Waals surface area contributed by atoms with E-state index < -0.39 is 0 Å². The molecule has 3 nitrogen and oxygen atoms in total. The maximum Gasteiger partial charge on any atom is 0.257 e. The van der Waals surface area contributed by atoms with Crippen molar-refractivity contribution >= 4 is 11.6 Å². The van der Waals surface area contributed by atoms with E-state index in [2.05, 4.69) is 24.1 Å². The summed E-state index contributed by atoms with van der Waals surface area (Å²) in [6, 6.07) is 9.64. The molecule has 3 heteroatoms. The number of H-pyrrole nitrogens is 1. The van der Waals surface area contributed by atoms with Gasteiger partial charge in [-0.2, -0.15) is 0 Å². The lowest BCUT2D eigenvalue weighted by molar-refractivity contribution is 0.102. The van der Waals surface area contributed by atoms with Crippen molar-refractivity contribution < 1.29 is 4.79 Å². The summed E-state index contributed by atoms with van der Waals surface area (Å²) in [7, 11) is 0. The quantitative estimate of drug-likeness (QED) is 0.831. The second-order valence-corrected chi connectivity index (χ2v) is 4.30. The van der Waals surface area contributed by atoms with E-state index in [1.165, 1.54) is 0 Å². The summed E-state index contributed by atoms with van der Waals surface area (Å²) in [5.74, 6) is 0.303. The Morgan fingerprint density at radius 3 is 2.65 bits per heavy atom. The zero-order valence-electron chi connectivity index (χ0n) is 10.0. The second-order valence-electron chi connectivity index (χ2n) is 4.30. The molecule has 0 fully saturated rings. The summed E-state index contributed by atoms with van der Waals surface area (Å²) in [6.45, 7) is 4.22. The molecular weight excluding hydrogens is 212 g/mol. The van der Waals surface area contributed by atoms with Gasteiger partial charge >= 0.3 is 0 Å². The highest BCUT2D eigenvalue weighted by molar-refractivity contribution is 6.04. The first kappa shape index (κ1) is 11.5. The van der Waals surface area contributed by atoms with E-state index in [-0.39, 0.29) is 5.91 Å². The first-order valence-electron chi connectivity index (χ1n) is 5.71. The number of aromatic nitrogens is 1. The second kappa shape index (κ2) is 4.87. The van der Waals surface area contributed by atoms with Gasteiger partial charge in [0.25, 0.3) is 5.91 Å². The first-order valence-corrected chi connectivity index (χ1v) is 5.71. The fourth-order valence-electron chi connectivity index (χ4n) is 1.77. The number of benzene rings is 1. The fourth-order valence-corrected chi connectivity index (χ4v) is 1.77. The Bertz CT molecular complexity index is 501. The Labute approximate surface area is 101 Å². The van der Waals surface area contributed by atoms with Gasteiger partial charge in [-0.05, 0) is 23.6 Å². The van der Waals surface area contributed by atoms with Gasteiger partial charge in [-0.25, -0.2) is 0 Å². The maximum absolute atomic E-state index is 11.9. The molecule has 0 aliphatic heterocycles. The van der Waals surface area contributed by atoms with E-state index in [1.54, 1.807) is 18.5 Å². The van der Waals surface area contributed by atoms with Crippen molar-refractivity contribution in [3.05, 3.63) is 53.9 Å². The Kier molecular flexibility index (Phi) is 3.28. The number of amides is 1. The number of hydrogen-bond donors (Lipinski definition) is 2. The van der Waals surface area contributed by atoms with Crippen LogP contribution in [0.15, 0.2) is 42.7 Å². The van der Waals surface area contributed by atoms with Gasteiger partial charge in [-0.15, -0.1) is 0 Å². The van der Waals surface area contributed by atoms with Crippen molar-refractivity contribution in [3.8, 4) is 0 Å². The van der Waals surface area contributed by atoms with Gasteiger partial charge < -0.3 is 10.3 Å². The smallest absolute Gasteiger partial charge is 0.257 e. The van der Waals surface area contributed by atoms with E-state index in [9.17, 15) is 4.79 Å². The molecule has 2 rings (SSSR count). The van der Waals surface area contributed by atoms with Crippen LogP contribution in [0.25, 0.3) is 0 Å². The minimum absolute atomic E-state index is 0.0839. The van der Waals surface area contributed by atoms with Gasteiger partial charge in [-0.1, -0.05) is 32.0 Å². The molecule has 1 heterocycles. The molecule has 0 saturated carbocycles. The number of aromatic amines is 1. The lowest BCUT2D eigenvalue weighted by Crippen LogP contribution is -2.12. The minimum atomic E-state index is -0.0839. The zero-order valence-corrected chi connectivity index (χ0v) is 10.0. The normalized spacial score (nSPS) is 10.5. The van der Waals surface area contributed by atoms with E-state index in [1.807, 2.05) is 24.3 Å². The van der Waals surface area contributed by atoms with Gasteiger partial charge in [0, 0.05) is 18.1 Å². The van der Waals surface area contributed by atoms with Gasteiger partial charge in [0.1, 0.15) is 0 Å². The van der Waals surface area contributed by atoms with Gasteiger partial charge in [0.2, 0.25) is 0 Å². The SMILES string of the molecule is CC(C)c1ccccc1NC(=O)c1cc[nH]c1. The Morgan fingerprint density at radius 2 is 2.00 bits per heavy atom. The highest BCUT2D eigenvalue weighted by atomic mass is 16.1. The highest BCUT2D eigenvalue weighted by Crippen LogP contribution is 2.24. The molecular formula is C14H16N2O. The van der Waals surface area contributed by atoms with Crippen molar-refractivity contribution in [2.24, 2.45) is 0 Å². The van der Waals surface area contributed by atoms with E-state index >= 15 is 0 Å². The lowest BCUT2D eigenvalue weighted by Gasteiger charge is -2.13. The van der Waals surface area contributed by atoms with Crippen molar-refractivity contribution in [2.45, 2.75) is 19.8 Å². The first-order chi connectivity index (χ1) is 8.18. The van der Waals surface area contributed by atoms with Crippen molar-refractivity contribution in [1.29, 1.82) is 0 Å². The Hall–Kier alpha value is -2.03. The van der Waals surface area contributed by atoms with Crippen LogP contribution in [0.3, 0.4) is 0 Å². The van der Waals surface area contributed by atoms with E-state index in [4.69, 9.17) is 0 Å². The van der Waals surface area contributed by atoms with Crippen LogP contribution >= 0.6 is 0 Å². The number of para-hydroxylation sites is 1. The number of carbonyl (C=O) groups excluding carboxylic acids is 1. The number of rotatable bonds is 3. The molecule has 2 N–H and O–H groups in total. The lowest BCUT2D eigenvalue weighted by atomic mass is 10.0. The van der Waals surface area contributed by atoms with Crippen LogP contribution in [0.1, 0.15) is 35.7 Å². The van der Waals surface area contributed by atoms with Gasteiger partial charge in [0.15, 0.2) is 0 Å². The molecule has 88 valence electrons. The van der Waals surface area contributed by atoms with Crippen molar-refractivity contribution in [1.82, 2.24) is 4.98 Å². The molecule has 0 saturated heterocycles. The largest absolute Gasteiger partial charge is 0.367 e. The van der Waals surface area contributed by atoms with Gasteiger partial charge in [0.05, 0.1) is 5.56 Å². The molecule has 0 aliphatic rings. The summed E-state index contributed by atoms with van der Waals surface area (Å²) >= 11 is 0. The monoisotopic (exact) mass is 228 g/mol. The van der Waals surface area contributed by atoms with Crippen LogP contribution < -0.4 is 5.32 Å². The number of hydrogen-bond acceptors (Lipinski definition) is 1. The van der Waals surface area contributed by atoms with E-state index in [0.717, 1.165) is 11.3 Å². The summed E-state index contributed by atoms with van der Waals surface area (Å²) in [5, 5.41) is 2.94. The summed E-state index contributed by atoms with van der Waals surface area (Å²) in [6.07, 6.45) is 3.43. The third-order valence-electron chi connectivity index (χ3n) is 2.69. The van der Waals surface area contributed by atoms with Crippen molar-refractivity contribution in [2.75, 3.05) is 5.32 Å². The topological polar surface area (TPSA) is 44.9 Å². The van der Waals surface area contributed by atoms with Crippen LogP contribution in [0, 0.1) is 0 Å². The number of anilines is 1. The maximum atomic E-state index is 11.9. The standard InChI is InChI=1S/C14H16N2O/c1-10(2)12-5-3-4-6-13(12)16-14(17)11-7-8-15-9-11/h3-10,15H,1-2H3,(H,16,17). The molecule has 0 radical (unpaired) electrons. The minimum Gasteiger partial charge on any atom is -0.367 e. The van der Waals surface area contributed by atoms with Gasteiger partial charge in [-0.3, -0.25) is 4.79 Å². The van der Waals surface area contributed by atoms with Crippen LogP contribution in [0.2, 0.25) is 0 Å². The molecule has 0 aliphatic carbocycles. The molecule has 0 atom stereocenters. The van der Waals surface area contributed by atoms with Crippen LogP contribution in [-0.4, -0.2) is 10.9 Å². The molecule has 1 aromatic heterocycles. The van der Waals surface area contributed by atoms with Crippen molar-refractivity contribution in [3.63, 3.8) is 0 Å². The molecule has 1 amide bonds. The number of nitrogens with one attached hydrogen (secondary N) is 2. The molecule has 0 spiro atoms. The third kappa shape index (κ3) is 2.56. The Balaban J connectivity index is 2.22. The molecule has 1 aromatic carbocycles.